The molecule has 4 heteroatoms. The van der Waals surface area contributed by atoms with Gasteiger partial charge in [0.15, 0.2) is 0 Å². The van der Waals surface area contributed by atoms with E-state index in [0.717, 1.165) is 18.4 Å². The molecule has 1 fully saturated rings. The molecule has 1 aromatic rings. The van der Waals surface area contributed by atoms with E-state index < -0.39 is 0 Å². The van der Waals surface area contributed by atoms with Crippen molar-refractivity contribution in [3.05, 3.63) is 35.4 Å². The van der Waals surface area contributed by atoms with Crippen LogP contribution in [0.15, 0.2) is 24.3 Å². The number of nitrogens with one attached hydrogen (secondary N) is 1. The van der Waals surface area contributed by atoms with Crippen LogP contribution in [-0.2, 0) is 16.1 Å². The lowest BCUT2D eigenvalue weighted by Gasteiger charge is -2.33. The Bertz CT molecular complexity index is 536. The molecule has 1 aliphatic rings. The fourth-order valence-electron chi connectivity index (χ4n) is 3.30. The summed E-state index contributed by atoms with van der Waals surface area (Å²) in [6.45, 7) is 4.73. The lowest BCUT2D eigenvalue weighted by Crippen LogP contribution is -2.42. The third kappa shape index (κ3) is 5.38. The summed E-state index contributed by atoms with van der Waals surface area (Å²) in [5.74, 6) is 0.0962. The van der Waals surface area contributed by atoms with Crippen LogP contribution in [0.4, 0.5) is 0 Å². The SMILES string of the molecule is CC(=O)N(CCC(=O)NCc1ccccc1C)C1CCCCC1. The van der Waals surface area contributed by atoms with Gasteiger partial charge in [0.05, 0.1) is 0 Å². The van der Waals surface area contributed by atoms with Gasteiger partial charge in [-0.2, -0.15) is 0 Å². The second kappa shape index (κ2) is 8.70. The summed E-state index contributed by atoms with van der Waals surface area (Å²) in [5.41, 5.74) is 2.32. The molecule has 1 saturated carbocycles. The Kier molecular flexibility index (Phi) is 6.63. The van der Waals surface area contributed by atoms with Gasteiger partial charge in [0.25, 0.3) is 0 Å². The van der Waals surface area contributed by atoms with Gasteiger partial charge < -0.3 is 10.2 Å². The highest BCUT2D eigenvalue weighted by Gasteiger charge is 2.23. The molecular formula is C19H28N2O2. The molecule has 0 bridgehead atoms. The lowest BCUT2D eigenvalue weighted by molar-refractivity contribution is -0.132. The van der Waals surface area contributed by atoms with E-state index in [-0.39, 0.29) is 11.8 Å². The molecule has 0 heterocycles. The first-order chi connectivity index (χ1) is 11.1. The number of hydrogen-bond acceptors (Lipinski definition) is 2. The minimum Gasteiger partial charge on any atom is -0.352 e. The summed E-state index contributed by atoms with van der Waals surface area (Å²) in [4.78, 5) is 25.9. The van der Waals surface area contributed by atoms with E-state index in [9.17, 15) is 9.59 Å². The highest BCUT2D eigenvalue weighted by Crippen LogP contribution is 2.22. The zero-order chi connectivity index (χ0) is 16.7. The predicted molar refractivity (Wildman–Crippen MR) is 91.9 cm³/mol. The van der Waals surface area contributed by atoms with E-state index >= 15 is 0 Å². The maximum atomic E-state index is 12.1. The lowest BCUT2D eigenvalue weighted by atomic mass is 9.94. The minimum atomic E-state index is 0.00955. The maximum absolute atomic E-state index is 12.1. The Morgan fingerprint density at radius 2 is 1.87 bits per heavy atom. The first-order valence-corrected chi connectivity index (χ1v) is 8.66. The Hall–Kier alpha value is -1.84. The molecule has 4 nitrogen and oxygen atoms in total. The topological polar surface area (TPSA) is 49.4 Å². The number of benzene rings is 1. The van der Waals surface area contributed by atoms with E-state index in [0.29, 0.717) is 25.6 Å². The number of nitrogens with zero attached hydrogens (tertiary/aromatic N) is 1. The van der Waals surface area contributed by atoms with Crippen molar-refractivity contribution in [2.75, 3.05) is 6.54 Å². The van der Waals surface area contributed by atoms with Crippen LogP contribution >= 0.6 is 0 Å². The molecule has 23 heavy (non-hydrogen) atoms. The fraction of sp³-hybridized carbons (Fsp3) is 0.579. The van der Waals surface area contributed by atoms with Gasteiger partial charge in [-0.1, -0.05) is 43.5 Å². The third-order valence-electron chi connectivity index (χ3n) is 4.74. The van der Waals surface area contributed by atoms with E-state index in [1.807, 2.05) is 36.1 Å². The minimum absolute atomic E-state index is 0.00955. The molecule has 2 amide bonds. The number of carbonyl (C=O) groups is 2. The van der Waals surface area contributed by atoms with Crippen LogP contribution in [0.2, 0.25) is 0 Å². The van der Waals surface area contributed by atoms with Crippen molar-refractivity contribution >= 4 is 11.8 Å². The quantitative estimate of drug-likeness (QED) is 0.876. The van der Waals surface area contributed by atoms with Crippen LogP contribution in [0.25, 0.3) is 0 Å². The Morgan fingerprint density at radius 3 is 2.52 bits per heavy atom. The molecule has 0 unspecified atom stereocenters. The fourth-order valence-corrected chi connectivity index (χ4v) is 3.30. The highest BCUT2D eigenvalue weighted by molar-refractivity contribution is 5.78. The smallest absolute Gasteiger partial charge is 0.222 e. The standard InChI is InChI=1S/C19H28N2O2/c1-15-8-6-7-9-17(15)14-20-19(23)12-13-21(16(2)22)18-10-4-3-5-11-18/h6-9,18H,3-5,10-14H2,1-2H3,(H,20,23). The molecular weight excluding hydrogens is 288 g/mol. The van der Waals surface area contributed by atoms with Gasteiger partial charge in [-0.3, -0.25) is 9.59 Å². The molecule has 0 aromatic heterocycles. The summed E-state index contributed by atoms with van der Waals surface area (Å²) in [7, 11) is 0. The maximum Gasteiger partial charge on any atom is 0.222 e. The van der Waals surface area contributed by atoms with Crippen molar-refractivity contribution in [1.82, 2.24) is 10.2 Å². The average Bonchev–Trinajstić information content (AvgIpc) is 2.55. The first-order valence-electron chi connectivity index (χ1n) is 8.66. The van der Waals surface area contributed by atoms with Crippen molar-refractivity contribution in [2.24, 2.45) is 0 Å². The second-order valence-electron chi connectivity index (χ2n) is 6.46. The number of hydrogen-bond donors (Lipinski definition) is 1. The number of rotatable bonds is 6. The molecule has 0 saturated heterocycles. The second-order valence-corrected chi connectivity index (χ2v) is 6.46. The van der Waals surface area contributed by atoms with Crippen molar-refractivity contribution in [2.45, 2.75) is 65.0 Å². The summed E-state index contributed by atoms with van der Waals surface area (Å²) >= 11 is 0. The van der Waals surface area contributed by atoms with Crippen LogP contribution in [0.3, 0.4) is 0 Å². The molecule has 0 spiro atoms. The monoisotopic (exact) mass is 316 g/mol. The van der Waals surface area contributed by atoms with Gasteiger partial charge in [0, 0.05) is 32.5 Å². The molecule has 1 N–H and O–H groups in total. The number of aryl methyl sites for hydroxylation is 1. The molecule has 0 radical (unpaired) electrons. The van der Waals surface area contributed by atoms with E-state index in [2.05, 4.69) is 5.32 Å². The zero-order valence-electron chi connectivity index (χ0n) is 14.3. The summed E-state index contributed by atoms with van der Waals surface area (Å²) in [6, 6.07) is 8.37. The number of amides is 2. The number of carbonyl (C=O) groups excluding carboxylic acids is 2. The van der Waals surface area contributed by atoms with Gasteiger partial charge in [-0.05, 0) is 30.9 Å². The Balaban J connectivity index is 1.79. The molecule has 0 atom stereocenters. The van der Waals surface area contributed by atoms with E-state index in [4.69, 9.17) is 0 Å². The first kappa shape index (κ1) is 17.5. The molecule has 1 aromatic carbocycles. The average molecular weight is 316 g/mol. The zero-order valence-corrected chi connectivity index (χ0v) is 14.3. The predicted octanol–water partition coefficient (Wildman–Crippen LogP) is 3.18. The van der Waals surface area contributed by atoms with Crippen LogP contribution < -0.4 is 5.32 Å². The van der Waals surface area contributed by atoms with Crippen molar-refractivity contribution in [1.29, 1.82) is 0 Å². The van der Waals surface area contributed by atoms with Crippen molar-refractivity contribution < 1.29 is 9.59 Å². The Morgan fingerprint density at radius 1 is 1.17 bits per heavy atom. The summed E-state index contributed by atoms with van der Waals surface area (Å²) < 4.78 is 0. The van der Waals surface area contributed by atoms with Gasteiger partial charge in [0.2, 0.25) is 11.8 Å². The molecule has 0 aliphatic heterocycles. The van der Waals surface area contributed by atoms with Crippen LogP contribution in [0, 0.1) is 6.92 Å². The largest absolute Gasteiger partial charge is 0.352 e. The van der Waals surface area contributed by atoms with Gasteiger partial charge in [-0.15, -0.1) is 0 Å². The van der Waals surface area contributed by atoms with Crippen molar-refractivity contribution in [3.8, 4) is 0 Å². The van der Waals surface area contributed by atoms with Gasteiger partial charge >= 0.3 is 0 Å². The Labute approximate surface area is 139 Å². The van der Waals surface area contributed by atoms with Gasteiger partial charge in [0.1, 0.15) is 0 Å². The van der Waals surface area contributed by atoms with Gasteiger partial charge in [-0.25, -0.2) is 0 Å². The van der Waals surface area contributed by atoms with Crippen LogP contribution in [0.1, 0.15) is 56.6 Å². The normalized spacial score (nSPS) is 15.2. The van der Waals surface area contributed by atoms with Crippen LogP contribution in [0.5, 0.6) is 0 Å². The highest BCUT2D eigenvalue weighted by atomic mass is 16.2. The third-order valence-corrected chi connectivity index (χ3v) is 4.74. The van der Waals surface area contributed by atoms with Crippen LogP contribution in [-0.4, -0.2) is 29.3 Å². The van der Waals surface area contributed by atoms with Crippen molar-refractivity contribution in [3.63, 3.8) is 0 Å². The summed E-state index contributed by atoms with van der Waals surface area (Å²) in [5, 5.41) is 2.96. The molecule has 1 aliphatic carbocycles. The molecule has 2 rings (SSSR count). The summed E-state index contributed by atoms with van der Waals surface area (Å²) in [6.07, 6.45) is 6.16. The van der Waals surface area contributed by atoms with E-state index in [1.165, 1.54) is 24.8 Å². The molecule has 126 valence electrons. The van der Waals surface area contributed by atoms with E-state index in [1.54, 1.807) is 6.92 Å².